The van der Waals surface area contributed by atoms with Crippen LogP contribution in [-0.2, 0) is 6.18 Å². The third-order valence-corrected chi connectivity index (χ3v) is 2.57. The Morgan fingerprint density at radius 2 is 1.86 bits per heavy atom. The van der Waals surface area contributed by atoms with Crippen molar-refractivity contribution in [2.45, 2.75) is 13.1 Å². The predicted molar refractivity (Wildman–Crippen MR) is 70.8 cm³/mol. The van der Waals surface area contributed by atoms with Gasteiger partial charge in [-0.25, -0.2) is 13.8 Å². The lowest BCUT2D eigenvalue weighted by molar-refractivity contribution is -0.141. The Morgan fingerprint density at radius 1 is 1.14 bits per heavy atom. The van der Waals surface area contributed by atoms with Gasteiger partial charge in [0.2, 0.25) is 5.95 Å². The monoisotopic (exact) mass is 318 g/mol. The van der Waals surface area contributed by atoms with Crippen molar-refractivity contribution in [2.75, 3.05) is 17.2 Å². The molecule has 1 heterocycles. The van der Waals surface area contributed by atoms with Crippen LogP contribution < -0.4 is 10.6 Å². The highest BCUT2D eigenvalue weighted by molar-refractivity contribution is 5.58. The number of nitrogens with zero attached hydrogens (tertiary/aromatic N) is 2. The van der Waals surface area contributed by atoms with E-state index in [-0.39, 0.29) is 17.5 Å². The average Bonchev–Trinajstić information content (AvgIpc) is 2.43. The van der Waals surface area contributed by atoms with Crippen LogP contribution in [0.2, 0.25) is 0 Å². The first-order valence-electron chi connectivity index (χ1n) is 6.22. The molecular weight excluding hydrogens is 307 g/mol. The number of aromatic nitrogens is 2. The number of anilines is 3. The molecule has 2 N–H and O–H groups in total. The van der Waals surface area contributed by atoms with E-state index in [4.69, 9.17) is 0 Å². The SMILES string of the molecule is CCNc1nc(Nc2cccc(F)c2F)cc(C(F)(F)F)n1. The van der Waals surface area contributed by atoms with E-state index < -0.39 is 23.5 Å². The lowest BCUT2D eigenvalue weighted by Crippen LogP contribution is -2.13. The molecule has 2 aromatic rings. The summed E-state index contributed by atoms with van der Waals surface area (Å²) in [6, 6.07) is 3.91. The molecule has 0 unspecified atom stereocenters. The van der Waals surface area contributed by atoms with Crippen LogP contribution in [0.25, 0.3) is 0 Å². The van der Waals surface area contributed by atoms with Crippen LogP contribution in [-0.4, -0.2) is 16.5 Å². The van der Waals surface area contributed by atoms with Crippen LogP contribution >= 0.6 is 0 Å². The van der Waals surface area contributed by atoms with E-state index in [0.717, 1.165) is 6.07 Å². The highest BCUT2D eigenvalue weighted by Crippen LogP contribution is 2.30. The van der Waals surface area contributed by atoms with Crippen molar-refractivity contribution in [3.05, 3.63) is 41.6 Å². The molecule has 0 aliphatic carbocycles. The fourth-order valence-corrected chi connectivity index (χ4v) is 1.63. The molecule has 0 aliphatic heterocycles. The van der Waals surface area contributed by atoms with Gasteiger partial charge >= 0.3 is 6.18 Å². The van der Waals surface area contributed by atoms with E-state index in [9.17, 15) is 22.0 Å². The zero-order valence-corrected chi connectivity index (χ0v) is 11.3. The van der Waals surface area contributed by atoms with Crippen LogP contribution in [0, 0.1) is 11.6 Å². The number of alkyl halides is 3. The summed E-state index contributed by atoms with van der Waals surface area (Å²) in [6.45, 7) is 1.96. The number of hydrogen-bond acceptors (Lipinski definition) is 4. The first-order valence-corrected chi connectivity index (χ1v) is 6.22. The summed E-state index contributed by atoms with van der Waals surface area (Å²) < 4.78 is 65.0. The molecule has 1 aromatic carbocycles. The Hall–Kier alpha value is -2.45. The molecule has 0 radical (unpaired) electrons. The molecule has 1 aromatic heterocycles. The molecule has 0 saturated heterocycles. The van der Waals surface area contributed by atoms with Gasteiger partial charge in [-0.1, -0.05) is 6.07 Å². The van der Waals surface area contributed by atoms with Crippen molar-refractivity contribution >= 4 is 17.5 Å². The van der Waals surface area contributed by atoms with Crippen molar-refractivity contribution < 1.29 is 22.0 Å². The Kier molecular flexibility index (Phi) is 4.43. The topological polar surface area (TPSA) is 49.8 Å². The third kappa shape index (κ3) is 3.60. The summed E-state index contributed by atoms with van der Waals surface area (Å²) in [6.07, 6.45) is -4.69. The number of nitrogens with one attached hydrogen (secondary N) is 2. The maximum atomic E-state index is 13.6. The molecule has 0 saturated carbocycles. The van der Waals surface area contributed by atoms with Crippen LogP contribution in [0.5, 0.6) is 0 Å². The van der Waals surface area contributed by atoms with Gasteiger partial charge in [0.25, 0.3) is 0 Å². The largest absolute Gasteiger partial charge is 0.433 e. The van der Waals surface area contributed by atoms with E-state index in [1.165, 1.54) is 12.1 Å². The molecule has 0 fully saturated rings. The second-order valence-electron chi connectivity index (χ2n) is 4.22. The molecule has 9 heteroatoms. The number of halogens is 5. The first kappa shape index (κ1) is 15.9. The smallest absolute Gasteiger partial charge is 0.354 e. The predicted octanol–water partition coefficient (Wildman–Crippen LogP) is 3.95. The lowest BCUT2D eigenvalue weighted by Gasteiger charge is -2.12. The molecule has 0 bridgehead atoms. The second-order valence-corrected chi connectivity index (χ2v) is 4.22. The maximum absolute atomic E-state index is 13.6. The van der Waals surface area contributed by atoms with Gasteiger partial charge in [0.1, 0.15) is 5.82 Å². The summed E-state index contributed by atoms with van der Waals surface area (Å²) in [7, 11) is 0. The quantitative estimate of drug-likeness (QED) is 0.838. The van der Waals surface area contributed by atoms with Crippen LogP contribution in [0.4, 0.5) is 39.4 Å². The van der Waals surface area contributed by atoms with E-state index in [2.05, 4.69) is 20.6 Å². The van der Waals surface area contributed by atoms with Crippen molar-refractivity contribution in [1.82, 2.24) is 9.97 Å². The van der Waals surface area contributed by atoms with Crippen LogP contribution in [0.1, 0.15) is 12.6 Å². The van der Waals surface area contributed by atoms with Gasteiger partial charge in [-0.2, -0.15) is 18.2 Å². The summed E-state index contributed by atoms with van der Waals surface area (Å²) in [5.41, 5.74) is -1.52. The Balaban J connectivity index is 2.41. The van der Waals surface area contributed by atoms with E-state index in [1.54, 1.807) is 6.92 Å². The standard InChI is InChI=1S/C13H11F5N4/c1-2-19-12-21-9(13(16,17)18)6-10(22-12)20-8-5-3-4-7(14)11(8)15/h3-6H,2H2,1H3,(H2,19,20,21,22). The van der Waals surface area contributed by atoms with E-state index >= 15 is 0 Å². The molecule has 2 rings (SSSR count). The van der Waals surface area contributed by atoms with Gasteiger partial charge in [-0.05, 0) is 19.1 Å². The number of benzene rings is 1. The fourth-order valence-electron chi connectivity index (χ4n) is 1.63. The minimum atomic E-state index is -4.69. The van der Waals surface area contributed by atoms with E-state index in [1.807, 2.05) is 0 Å². The fraction of sp³-hybridized carbons (Fsp3) is 0.231. The Morgan fingerprint density at radius 3 is 2.50 bits per heavy atom. The van der Waals surface area contributed by atoms with Crippen LogP contribution in [0.3, 0.4) is 0 Å². The number of rotatable bonds is 4. The molecule has 4 nitrogen and oxygen atoms in total. The van der Waals surface area contributed by atoms with Gasteiger partial charge in [0.05, 0.1) is 5.69 Å². The molecule has 0 spiro atoms. The highest BCUT2D eigenvalue weighted by atomic mass is 19.4. The zero-order valence-electron chi connectivity index (χ0n) is 11.3. The Labute approximate surface area is 122 Å². The average molecular weight is 318 g/mol. The van der Waals surface area contributed by atoms with Gasteiger partial charge in [-0.15, -0.1) is 0 Å². The normalized spacial score (nSPS) is 11.4. The van der Waals surface area contributed by atoms with Gasteiger partial charge in [0, 0.05) is 12.6 Å². The maximum Gasteiger partial charge on any atom is 0.433 e. The first-order chi connectivity index (χ1) is 10.3. The van der Waals surface area contributed by atoms with Gasteiger partial charge < -0.3 is 10.6 Å². The molecule has 0 atom stereocenters. The molecule has 118 valence electrons. The molecule has 0 aliphatic rings. The van der Waals surface area contributed by atoms with Crippen LogP contribution in [0.15, 0.2) is 24.3 Å². The number of hydrogen-bond donors (Lipinski definition) is 2. The summed E-state index contributed by atoms with van der Waals surface area (Å²) in [4.78, 5) is 7.10. The van der Waals surface area contributed by atoms with Crippen molar-refractivity contribution in [3.8, 4) is 0 Å². The zero-order chi connectivity index (χ0) is 16.3. The summed E-state index contributed by atoms with van der Waals surface area (Å²) in [5.74, 6) is -2.90. The molecule has 22 heavy (non-hydrogen) atoms. The van der Waals surface area contributed by atoms with E-state index in [0.29, 0.717) is 12.6 Å². The van der Waals surface area contributed by atoms with Crippen molar-refractivity contribution in [3.63, 3.8) is 0 Å². The molecular formula is C13H11F5N4. The molecule has 0 amide bonds. The lowest BCUT2D eigenvalue weighted by atomic mass is 10.3. The minimum absolute atomic E-state index is 0.267. The van der Waals surface area contributed by atoms with Gasteiger partial charge in [0.15, 0.2) is 17.3 Å². The summed E-state index contributed by atoms with van der Waals surface area (Å²) >= 11 is 0. The van der Waals surface area contributed by atoms with Gasteiger partial charge in [-0.3, -0.25) is 0 Å². The third-order valence-electron chi connectivity index (χ3n) is 2.57. The highest BCUT2D eigenvalue weighted by Gasteiger charge is 2.33. The van der Waals surface area contributed by atoms with Crippen molar-refractivity contribution in [2.24, 2.45) is 0 Å². The minimum Gasteiger partial charge on any atom is -0.354 e. The summed E-state index contributed by atoms with van der Waals surface area (Å²) in [5, 5.41) is 4.86. The van der Waals surface area contributed by atoms with Crippen molar-refractivity contribution in [1.29, 1.82) is 0 Å². The second kappa shape index (κ2) is 6.12. The Bertz CT molecular complexity index is 672.